The van der Waals surface area contributed by atoms with Gasteiger partial charge in [-0.05, 0) is 96.0 Å². The van der Waals surface area contributed by atoms with E-state index in [1.807, 2.05) is 0 Å². The van der Waals surface area contributed by atoms with Crippen molar-refractivity contribution >= 4 is 0 Å². The van der Waals surface area contributed by atoms with Gasteiger partial charge in [-0.1, -0.05) is 12.1 Å². The van der Waals surface area contributed by atoms with Gasteiger partial charge in [0.2, 0.25) is 0 Å². The van der Waals surface area contributed by atoms with Gasteiger partial charge in [0, 0.05) is 18.7 Å². The SMILES string of the molecule is CN1CCC2(CC1)COc1ccc(-c3ccc4c(c3)C(C)(C)OC43CCN(C)CC3)nc12. The van der Waals surface area contributed by atoms with Gasteiger partial charge in [0.05, 0.1) is 34.6 Å². The molecule has 2 fully saturated rings. The summed E-state index contributed by atoms with van der Waals surface area (Å²) < 4.78 is 12.9. The number of ether oxygens (including phenoxy) is 2. The lowest BCUT2D eigenvalue weighted by Crippen LogP contribution is -2.42. The molecule has 5 heterocycles. The fourth-order valence-electron chi connectivity index (χ4n) is 6.36. The molecule has 6 rings (SSSR count). The van der Waals surface area contributed by atoms with Crippen molar-refractivity contribution in [3.63, 3.8) is 0 Å². The normalized spacial score (nSPS) is 25.6. The van der Waals surface area contributed by atoms with Gasteiger partial charge in [0.25, 0.3) is 0 Å². The number of benzene rings is 1. The molecular formula is C27H35N3O2. The van der Waals surface area contributed by atoms with Crippen LogP contribution in [0.3, 0.4) is 0 Å². The average Bonchev–Trinajstić information content (AvgIpc) is 3.25. The molecular weight excluding hydrogens is 398 g/mol. The van der Waals surface area contributed by atoms with Gasteiger partial charge in [0.1, 0.15) is 5.75 Å². The lowest BCUT2D eigenvalue weighted by Gasteiger charge is -2.39. The quantitative estimate of drug-likeness (QED) is 0.671. The molecule has 170 valence electrons. The Labute approximate surface area is 191 Å². The fourth-order valence-corrected chi connectivity index (χ4v) is 6.36. The molecule has 32 heavy (non-hydrogen) atoms. The number of aromatic nitrogens is 1. The Morgan fingerprint density at radius 3 is 2.25 bits per heavy atom. The van der Waals surface area contributed by atoms with Crippen LogP contribution in [0.25, 0.3) is 11.3 Å². The molecule has 0 unspecified atom stereocenters. The molecule has 0 radical (unpaired) electrons. The highest BCUT2D eigenvalue weighted by molar-refractivity contribution is 5.64. The van der Waals surface area contributed by atoms with E-state index >= 15 is 0 Å². The largest absolute Gasteiger partial charge is 0.491 e. The Morgan fingerprint density at radius 1 is 0.844 bits per heavy atom. The van der Waals surface area contributed by atoms with Crippen molar-refractivity contribution in [2.45, 2.75) is 56.1 Å². The number of hydrogen-bond acceptors (Lipinski definition) is 5. The van der Waals surface area contributed by atoms with E-state index in [4.69, 9.17) is 14.5 Å². The smallest absolute Gasteiger partial charge is 0.141 e. The van der Waals surface area contributed by atoms with Crippen molar-refractivity contribution < 1.29 is 9.47 Å². The molecule has 2 spiro atoms. The highest BCUT2D eigenvalue weighted by Crippen LogP contribution is 2.53. The maximum Gasteiger partial charge on any atom is 0.141 e. The second-order valence-electron chi connectivity index (χ2n) is 11.1. The van der Waals surface area contributed by atoms with Crippen molar-refractivity contribution in [2.24, 2.45) is 0 Å². The topological polar surface area (TPSA) is 37.8 Å². The average molecular weight is 434 g/mol. The number of pyridine rings is 1. The standard InChI is InChI=1S/C27H35N3O2/c1-25(2)21-17-19(5-6-20(21)27(32-25)11-15-30(4)16-12-27)22-7-8-23-24(28-22)26(18-31-23)9-13-29(3)14-10-26/h5-8,17H,9-16,18H2,1-4H3. The summed E-state index contributed by atoms with van der Waals surface area (Å²) in [6, 6.07) is 11.2. The van der Waals surface area contributed by atoms with Crippen molar-refractivity contribution in [3.8, 4) is 17.0 Å². The van der Waals surface area contributed by atoms with Crippen LogP contribution in [0, 0.1) is 0 Å². The van der Waals surface area contributed by atoms with E-state index in [0.717, 1.165) is 69.9 Å². The summed E-state index contributed by atoms with van der Waals surface area (Å²) in [6.07, 6.45) is 4.36. The summed E-state index contributed by atoms with van der Waals surface area (Å²) >= 11 is 0. The third kappa shape index (κ3) is 3.05. The Kier molecular flexibility index (Phi) is 4.53. The molecule has 5 nitrogen and oxygen atoms in total. The zero-order valence-corrected chi connectivity index (χ0v) is 19.9. The van der Waals surface area contributed by atoms with Crippen LogP contribution >= 0.6 is 0 Å². The van der Waals surface area contributed by atoms with Crippen LogP contribution in [0.5, 0.6) is 5.75 Å². The lowest BCUT2D eigenvalue weighted by atomic mass is 9.77. The molecule has 1 aromatic carbocycles. The second-order valence-corrected chi connectivity index (χ2v) is 11.1. The summed E-state index contributed by atoms with van der Waals surface area (Å²) in [5, 5.41) is 0. The molecule has 2 aromatic rings. The third-order valence-corrected chi connectivity index (χ3v) is 8.51. The Morgan fingerprint density at radius 2 is 1.53 bits per heavy atom. The van der Waals surface area contributed by atoms with Crippen molar-refractivity contribution in [1.82, 2.24) is 14.8 Å². The maximum atomic E-state index is 6.79. The molecule has 0 amide bonds. The summed E-state index contributed by atoms with van der Waals surface area (Å²) in [5.74, 6) is 0.980. The van der Waals surface area contributed by atoms with E-state index in [1.54, 1.807) is 0 Å². The number of fused-ring (bicyclic) bond motifs is 4. The van der Waals surface area contributed by atoms with Crippen molar-refractivity contribution in [1.29, 1.82) is 0 Å². The first kappa shape index (κ1) is 20.6. The Balaban J connectivity index is 1.38. The van der Waals surface area contributed by atoms with Crippen LogP contribution < -0.4 is 4.74 Å². The van der Waals surface area contributed by atoms with Crippen LogP contribution in [0.4, 0.5) is 0 Å². The summed E-state index contributed by atoms with van der Waals surface area (Å²) in [4.78, 5) is 10.0. The molecule has 0 saturated carbocycles. The van der Waals surface area contributed by atoms with Crippen LogP contribution in [0.1, 0.15) is 56.4 Å². The molecule has 4 aliphatic rings. The molecule has 4 aliphatic heterocycles. The van der Waals surface area contributed by atoms with Gasteiger partial charge in [-0.25, -0.2) is 4.98 Å². The first-order chi connectivity index (χ1) is 15.3. The van der Waals surface area contributed by atoms with Crippen LogP contribution in [-0.2, 0) is 21.4 Å². The van der Waals surface area contributed by atoms with E-state index in [9.17, 15) is 0 Å². The van der Waals surface area contributed by atoms with Crippen LogP contribution in [0.2, 0.25) is 0 Å². The molecule has 0 N–H and O–H groups in total. The van der Waals surface area contributed by atoms with Gasteiger partial charge in [0.15, 0.2) is 0 Å². The van der Waals surface area contributed by atoms with E-state index in [2.05, 4.69) is 68.1 Å². The van der Waals surface area contributed by atoms with E-state index in [0.29, 0.717) is 0 Å². The highest BCUT2D eigenvalue weighted by Gasteiger charge is 2.50. The van der Waals surface area contributed by atoms with Gasteiger partial charge in [-0.3, -0.25) is 0 Å². The molecule has 2 saturated heterocycles. The summed E-state index contributed by atoms with van der Waals surface area (Å²) in [6.45, 7) is 9.60. The molecule has 0 bridgehead atoms. The van der Waals surface area contributed by atoms with Gasteiger partial charge in [-0.2, -0.15) is 0 Å². The predicted octanol–water partition coefficient (Wildman–Crippen LogP) is 4.29. The monoisotopic (exact) mass is 433 g/mol. The van der Waals surface area contributed by atoms with Gasteiger partial charge < -0.3 is 19.3 Å². The zero-order valence-electron chi connectivity index (χ0n) is 19.9. The van der Waals surface area contributed by atoms with Gasteiger partial charge >= 0.3 is 0 Å². The fraction of sp³-hybridized carbons (Fsp3) is 0.593. The number of nitrogens with zero attached hydrogens (tertiary/aromatic N) is 3. The first-order valence-electron chi connectivity index (χ1n) is 12.2. The highest BCUT2D eigenvalue weighted by atomic mass is 16.5. The minimum atomic E-state index is -0.281. The van der Waals surface area contributed by atoms with Crippen LogP contribution in [-0.4, -0.2) is 61.7 Å². The van der Waals surface area contributed by atoms with Crippen molar-refractivity contribution in [2.75, 3.05) is 46.9 Å². The number of rotatable bonds is 1. The minimum Gasteiger partial charge on any atom is -0.491 e. The number of piperidine rings is 2. The van der Waals surface area contributed by atoms with E-state index in [1.165, 1.54) is 22.4 Å². The predicted molar refractivity (Wildman–Crippen MR) is 126 cm³/mol. The number of hydrogen-bond donors (Lipinski definition) is 0. The van der Waals surface area contributed by atoms with Crippen molar-refractivity contribution in [3.05, 3.63) is 47.2 Å². The molecule has 0 atom stereocenters. The number of likely N-dealkylation sites (tertiary alicyclic amines) is 2. The second kappa shape index (κ2) is 7.02. The van der Waals surface area contributed by atoms with Crippen LogP contribution in [0.15, 0.2) is 30.3 Å². The first-order valence-corrected chi connectivity index (χ1v) is 12.2. The zero-order chi connectivity index (χ0) is 22.1. The maximum absolute atomic E-state index is 6.79. The summed E-state index contributed by atoms with van der Waals surface area (Å²) in [7, 11) is 4.41. The Hall–Kier alpha value is -1.95. The third-order valence-electron chi connectivity index (χ3n) is 8.51. The molecule has 5 heteroatoms. The minimum absolute atomic E-state index is 0.0785. The Bertz CT molecular complexity index is 1050. The molecule has 1 aromatic heterocycles. The van der Waals surface area contributed by atoms with Gasteiger partial charge in [-0.15, -0.1) is 0 Å². The molecule has 0 aliphatic carbocycles. The van der Waals surface area contributed by atoms with E-state index in [-0.39, 0.29) is 16.6 Å². The van der Waals surface area contributed by atoms with E-state index < -0.39 is 0 Å². The summed E-state index contributed by atoms with van der Waals surface area (Å²) in [5.41, 5.74) is 5.78. The lowest BCUT2D eigenvalue weighted by molar-refractivity contribution is -0.148.